The summed E-state index contributed by atoms with van der Waals surface area (Å²) in [5.41, 5.74) is 1.35. The number of fused-ring (bicyclic) bond motifs is 1. The van der Waals surface area contributed by atoms with Crippen molar-refractivity contribution in [3.05, 3.63) is 75.1 Å². The van der Waals surface area contributed by atoms with E-state index < -0.39 is 11.1 Å². The zero-order valence-electron chi connectivity index (χ0n) is 17.6. The first kappa shape index (κ1) is 19.9. The van der Waals surface area contributed by atoms with Gasteiger partial charge in [-0.3, -0.25) is 19.0 Å². The van der Waals surface area contributed by atoms with Crippen molar-refractivity contribution in [3.63, 3.8) is 0 Å². The van der Waals surface area contributed by atoms with Crippen LogP contribution in [-0.2, 0) is 4.79 Å². The lowest BCUT2D eigenvalue weighted by Crippen LogP contribution is -2.37. The quantitative estimate of drug-likeness (QED) is 0.497. The molecule has 1 fully saturated rings. The molecule has 9 heteroatoms. The predicted octanol–water partition coefficient (Wildman–Crippen LogP) is 2.84. The van der Waals surface area contributed by atoms with Crippen LogP contribution in [0.25, 0.3) is 22.4 Å². The minimum Gasteiger partial charge on any atom is -0.339 e. The molecular formula is C23H21N5O4. The number of carbonyl (C=O) groups is 1. The van der Waals surface area contributed by atoms with Crippen molar-refractivity contribution in [2.45, 2.75) is 32.2 Å². The van der Waals surface area contributed by atoms with Gasteiger partial charge in [0.25, 0.3) is 0 Å². The van der Waals surface area contributed by atoms with E-state index in [2.05, 4.69) is 15.1 Å². The van der Waals surface area contributed by atoms with E-state index in [0.29, 0.717) is 41.3 Å². The predicted molar refractivity (Wildman–Crippen MR) is 119 cm³/mol. The third kappa shape index (κ3) is 3.31. The number of aromatic nitrogens is 4. The summed E-state index contributed by atoms with van der Waals surface area (Å²) in [4.78, 5) is 45.7. The van der Waals surface area contributed by atoms with Gasteiger partial charge in [0.2, 0.25) is 17.6 Å². The van der Waals surface area contributed by atoms with E-state index in [9.17, 15) is 14.4 Å². The van der Waals surface area contributed by atoms with Crippen LogP contribution in [0.3, 0.4) is 0 Å². The molecule has 1 saturated heterocycles. The van der Waals surface area contributed by atoms with E-state index in [-0.39, 0.29) is 17.9 Å². The number of carbonyl (C=O) groups excluding carboxylic acids is 1. The molecule has 32 heavy (non-hydrogen) atoms. The third-order valence-corrected chi connectivity index (χ3v) is 5.68. The van der Waals surface area contributed by atoms with Crippen molar-refractivity contribution < 1.29 is 9.32 Å². The maximum Gasteiger partial charge on any atom is 0.316 e. The van der Waals surface area contributed by atoms with Gasteiger partial charge in [0.15, 0.2) is 0 Å². The second kappa shape index (κ2) is 7.60. The minimum absolute atomic E-state index is 0.0101. The molecule has 0 saturated carbocycles. The van der Waals surface area contributed by atoms with Gasteiger partial charge in [-0.05, 0) is 44.2 Å². The van der Waals surface area contributed by atoms with Crippen LogP contribution in [0.4, 0.5) is 5.69 Å². The molecule has 1 N–H and O–H groups in total. The summed E-state index contributed by atoms with van der Waals surface area (Å²) in [7, 11) is 0. The van der Waals surface area contributed by atoms with Crippen molar-refractivity contribution in [2.75, 3.05) is 11.4 Å². The molecule has 5 rings (SSSR count). The molecule has 1 amide bonds. The average Bonchev–Trinajstić information content (AvgIpc) is 3.42. The Labute approximate surface area is 182 Å². The molecule has 1 unspecified atom stereocenters. The Hall–Kier alpha value is -4.01. The van der Waals surface area contributed by atoms with Crippen LogP contribution in [0, 0.1) is 0 Å². The largest absolute Gasteiger partial charge is 0.339 e. The maximum atomic E-state index is 12.5. The van der Waals surface area contributed by atoms with E-state index in [4.69, 9.17) is 4.52 Å². The number of H-pyrrole nitrogens is 1. The molecule has 0 radical (unpaired) electrons. The van der Waals surface area contributed by atoms with E-state index in [1.54, 1.807) is 23.1 Å². The van der Waals surface area contributed by atoms with Gasteiger partial charge >= 0.3 is 11.1 Å². The van der Waals surface area contributed by atoms with Crippen LogP contribution in [0.1, 0.15) is 38.1 Å². The Kier molecular flexibility index (Phi) is 4.73. The van der Waals surface area contributed by atoms with Crippen LogP contribution in [-0.4, -0.2) is 32.1 Å². The Morgan fingerprint density at radius 1 is 1.09 bits per heavy atom. The maximum absolute atomic E-state index is 12.5. The Bertz CT molecular complexity index is 1430. The molecule has 0 spiro atoms. The molecule has 4 aromatic rings. The second-order valence-corrected chi connectivity index (χ2v) is 8.15. The van der Waals surface area contributed by atoms with Crippen molar-refractivity contribution in [3.8, 4) is 11.4 Å². The fraction of sp³-hybridized carbons (Fsp3) is 0.261. The van der Waals surface area contributed by atoms with Gasteiger partial charge in [-0.15, -0.1) is 0 Å². The van der Waals surface area contributed by atoms with Crippen molar-refractivity contribution in [1.82, 2.24) is 19.7 Å². The number of aromatic amines is 1. The van der Waals surface area contributed by atoms with Gasteiger partial charge in [-0.1, -0.05) is 23.4 Å². The number of nitrogens with one attached hydrogen (secondary N) is 1. The Morgan fingerprint density at radius 2 is 1.88 bits per heavy atom. The van der Waals surface area contributed by atoms with Gasteiger partial charge in [0.05, 0.1) is 17.0 Å². The number of para-hydroxylation sites is 1. The standard InChI is InChI=1S/C23H21N5O4/c1-13(2)28-18-9-8-14(10-17(18)24-21(30)23(28)31)20-25-22(32-26-20)15-11-19(29)27(12-15)16-6-4-3-5-7-16/h3-10,13,15H,11-12H2,1-2H3,(H,24,30). The van der Waals surface area contributed by atoms with Gasteiger partial charge in [0.1, 0.15) is 0 Å². The van der Waals surface area contributed by atoms with Crippen LogP contribution < -0.4 is 16.0 Å². The zero-order valence-corrected chi connectivity index (χ0v) is 17.6. The molecule has 2 aromatic carbocycles. The van der Waals surface area contributed by atoms with Gasteiger partial charge in [-0.2, -0.15) is 4.98 Å². The molecule has 162 valence electrons. The normalized spacial score (nSPS) is 16.4. The monoisotopic (exact) mass is 431 g/mol. The van der Waals surface area contributed by atoms with E-state index in [1.807, 2.05) is 44.2 Å². The molecule has 0 aliphatic carbocycles. The fourth-order valence-electron chi connectivity index (χ4n) is 4.14. The number of benzene rings is 2. The fourth-order valence-corrected chi connectivity index (χ4v) is 4.14. The molecule has 3 heterocycles. The number of anilines is 1. The Balaban J connectivity index is 1.46. The summed E-state index contributed by atoms with van der Waals surface area (Å²) < 4.78 is 6.95. The lowest BCUT2D eigenvalue weighted by molar-refractivity contribution is -0.117. The number of hydrogen-bond donors (Lipinski definition) is 1. The van der Waals surface area contributed by atoms with E-state index >= 15 is 0 Å². The van der Waals surface area contributed by atoms with Crippen LogP contribution in [0.2, 0.25) is 0 Å². The number of rotatable bonds is 4. The van der Waals surface area contributed by atoms with Crippen molar-refractivity contribution in [1.29, 1.82) is 0 Å². The molecule has 2 aromatic heterocycles. The molecule has 9 nitrogen and oxygen atoms in total. The Morgan fingerprint density at radius 3 is 2.62 bits per heavy atom. The van der Waals surface area contributed by atoms with Gasteiger partial charge in [-0.25, -0.2) is 0 Å². The summed E-state index contributed by atoms with van der Waals surface area (Å²) in [6.07, 6.45) is 0.294. The first-order valence-corrected chi connectivity index (χ1v) is 10.4. The minimum atomic E-state index is -0.678. The SMILES string of the molecule is CC(C)n1c(=O)c(=O)[nH]c2cc(-c3noc(C4CC(=O)N(c5ccccc5)C4)n3)ccc21. The highest BCUT2D eigenvalue weighted by Crippen LogP contribution is 2.32. The first-order chi connectivity index (χ1) is 15.4. The smallest absolute Gasteiger partial charge is 0.316 e. The van der Waals surface area contributed by atoms with Crippen molar-refractivity contribution >= 4 is 22.6 Å². The van der Waals surface area contributed by atoms with Crippen LogP contribution in [0.15, 0.2) is 62.6 Å². The summed E-state index contributed by atoms with van der Waals surface area (Å²) in [6, 6.07) is 14.6. The lowest BCUT2D eigenvalue weighted by Gasteiger charge is -2.15. The number of amides is 1. The van der Waals surface area contributed by atoms with Crippen LogP contribution in [0.5, 0.6) is 0 Å². The second-order valence-electron chi connectivity index (χ2n) is 8.15. The van der Waals surface area contributed by atoms with Crippen LogP contribution >= 0.6 is 0 Å². The number of nitrogens with zero attached hydrogens (tertiary/aromatic N) is 4. The average molecular weight is 431 g/mol. The molecule has 1 atom stereocenters. The summed E-state index contributed by atoms with van der Waals surface area (Å²) in [5, 5.41) is 4.08. The van der Waals surface area contributed by atoms with Gasteiger partial charge in [0, 0.05) is 30.3 Å². The first-order valence-electron chi connectivity index (χ1n) is 10.4. The molecule has 1 aliphatic heterocycles. The summed E-state index contributed by atoms with van der Waals surface area (Å²) in [5.74, 6) is 0.564. The highest BCUT2D eigenvalue weighted by molar-refractivity contribution is 5.96. The highest BCUT2D eigenvalue weighted by atomic mass is 16.5. The topological polar surface area (TPSA) is 114 Å². The van der Waals surface area contributed by atoms with E-state index in [1.165, 1.54) is 4.57 Å². The third-order valence-electron chi connectivity index (χ3n) is 5.68. The number of hydrogen-bond acceptors (Lipinski definition) is 6. The van der Waals surface area contributed by atoms with E-state index in [0.717, 1.165) is 5.69 Å². The summed E-state index contributed by atoms with van der Waals surface area (Å²) in [6.45, 7) is 4.17. The lowest BCUT2D eigenvalue weighted by atomic mass is 10.1. The molecule has 1 aliphatic rings. The van der Waals surface area contributed by atoms with Gasteiger partial charge < -0.3 is 14.4 Å². The molecular weight excluding hydrogens is 410 g/mol. The summed E-state index contributed by atoms with van der Waals surface area (Å²) >= 11 is 0. The zero-order chi connectivity index (χ0) is 22.4. The van der Waals surface area contributed by atoms with Crippen molar-refractivity contribution in [2.24, 2.45) is 0 Å². The molecule has 0 bridgehead atoms. The highest BCUT2D eigenvalue weighted by Gasteiger charge is 2.35.